The summed E-state index contributed by atoms with van der Waals surface area (Å²) in [7, 11) is 1.70. The van der Waals surface area contributed by atoms with E-state index in [1.807, 2.05) is 43.0 Å². The molecule has 0 aromatic heterocycles. The number of hydrogen-bond acceptors (Lipinski definition) is 3. The number of carbonyl (C=O) groups is 1. The van der Waals surface area contributed by atoms with Crippen molar-refractivity contribution in [3.63, 3.8) is 0 Å². The summed E-state index contributed by atoms with van der Waals surface area (Å²) in [5.41, 5.74) is 7.39. The Hall–Kier alpha value is -3.53. The first-order chi connectivity index (χ1) is 17.1. The van der Waals surface area contributed by atoms with Crippen molar-refractivity contribution in [2.24, 2.45) is 0 Å². The predicted octanol–water partition coefficient (Wildman–Crippen LogP) is 6.45. The number of piperidine rings is 1. The first-order valence-electron chi connectivity index (χ1n) is 12.7. The number of carbonyl (C=O) groups excluding carboxylic acids is 1. The fourth-order valence-electron chi connectivity index (χ4n) is 4.76. The summed E-state index contributed by atoms with van der Waals surface area (Å²) < 4.78 is 5.30. The minimum Gasteiger partial charge on any atom is -0.497 e. The Labute approximate surface area is 209 Å². The van der Waals surface area contributed by atoms with Crippen LogP contribution < -0.4 is 9.64 Å². The maximum atomic E-state index is 12.6. The number of benzene rings is 3. The molecule has 1 amide bonds. The van der Waals surface area contributed by atoms with E-state index in [0.29, 0.717) is 0 Å². The molecule has 182 valence electrons. The van der Waals surface area contributed by atoms with E-state index in [1.54, 1.807) is 7.11 Å². The van der Waals surface area contributed by atoms with Crippen molar-refractivity contribution >= 4 is 17.7 Å². The minimum atomic E-state index is 0.107. The summed E-state index contributed by atoms with van der Waals surface area (Å²) in [6.45, 7) is 7.55. The summed E-state index contributed by atoms with van der Waals surface area (Å²) in [4.78, 5) is 16.9. The Morgan fingerprint density at radius 1 is 0.914 bits per heavy atom. The van der Waals surface area contributed by atoms with E-state index in [0.717, 1.165) is 56.8 Å². The highest BCUT2D eigenvalue weighted by atomic mass is 16.5. The molecular formula is C31H36N2O2. The Bertz CT molecular complexity index is 1140. The summed E-state index contributed by atoms with van der Waals surface area (Å²) in [5.74, 6) is 0.998. The molecule has 4 nitrogen and oxygen atoms in total. The molecule has 1 heterocycles. The Kier molecular flexibility index (Phi) is 8.25. The second-order valence-corrected chi connectivity index (χ2v) is 9.04. The number of nitrogens with zero attached hydrogens (tertiary/aromatic N) is 2. The van der Waals surface area contributed by atoms with Crippen LogP contribution in [0.3, 0.4) is 0 Å². The van der Waals surface area contributed by atoms with Crippen LogP contribution in [0, 0.1) is 0 Å². The lowest BCUT2D eigenvalue weighted by atomic mass is 9.97. The average molecular weight is 469 g/mol. The molecule has 0 saturated carbocycles. The van der Waals surface area contributed by atoms with Crippen molar-refractivity contribution < 1.29 is 9.53 Å². The molecule has 1 aliphatic heterocycles. The molecule has 0 bridgehead atoms. The molecule has 0 aliphatic carbocycles. The van der Waals surface area contributed by atoms with Gasteiger partial charge in [0, 0.05) is 37.4 Å². The van der Waals surface area contributed by atoms with Crippen LogP contribution in [0.15, 0.2) is 78.4 Å². The second kappa shape index (κ2) is 11.7. The van der Waals surface area contributed by atoms with Crippen LogP contribution in [0.25, 0.3) is 6.08 Å². The second-order valence-electron chi connectivity index (χ2n) is 9.04. The molecule has 1 fully saturated rings. The normalized spacial score (nSPS) is 13.5. The van der Waals surface area contributed by atoms with Crippen LogP contribution in [0.4, 0.5) is 5.69 Å². The van der Waals surface area contributed by atoms with E-state index in [9.17, 15) is 4.79 Å². The Balaban J connectivity index is 1.39. The van der Waals surface area contributed by atoms with Crippen LogP contribution in [0.1, 0.15) is 53.7 Å². The zero-order chi connectivity index (χ0) is 24.6. The van der Waals surface area contributed by atoms with Crippen LogP contribution >= 0.6 is 0 Å². The van der Waals surface area contributed by atoms with Gasteiger partial charge in [-0.1, -0.05) is 54.1 Å². The lowest BCUT2D eigenvalue weighted by molar-refractivity contribution is 0.0773. The standard InChI is InChI=1S/C31H36N2O2/c1-4-32(5-2)31(34)27-14-10-24(11-15-27)22-26-18-20-33(21-19-26)30-9-7-6-8-28(30)23-25-12-16-29(35-3)17-13-25/h6-17,22H,4-5,18-21,23H2,1-3H3. The number of anilines is 1. The van der Waals surface area contributed by atoms with Gasteiger partial charge in [-0.2, -0.15) is 0 Å². The van der Waals surface area contributed by atoms with Crippen LogP contribution in [0.5, 0.6) is 5.75 Å². The van der Waals surface area contributed by atoms with Gasteiger partial charge in [0.25, 0.3) is 5.91 Å². The van der Waals surface area contributed by atoms with Gasteiger partial charge in [-0.25, -0.2) is 0 Å². The number of para-hydroxylation sites is 1. The summed E-state index contributed by atoms with van der Waals surface area (Å²) in [6.07, 6.45) is 5.32. The molecule has 3 aromatic carbocycles. The number of methoxy groups -OCH3 is 1. The molecule has 1 aliphatic rings. The van der Waals surface area contributed by atoms with Gasteiger partial charge in [-0.3, -0.25) is 4.79 Å². The summed E-state index contributed by atoms with van der Waals surface area (Å²) >= 11 is 0. The fraction of sp³-hybridized carbons (Fsp3) is 0.323. The fourth-order valence-corrected chi connectivity index (χ4v) is 4.76. The SMILES string of the molecule is CCN(CC)C(=O)c1ccc(C=C2CCN(c3ccccc3Cc3ccc(OC)cc3)CC2)cc1. The van der Waals surface area contributed by atoms with Gasteiger partial charge in [0.15, 0.2) is 0 Å². The van der Waals surface area contributed by atoms with Gasteiger partial charge < -0.3 is 14.5 Å². The first kappa shape index (κ1) is 24.6. The molecule has 4 heteroatoms. The Morgan fingerprint density at radius 3 is 2.20 bits per heavy atom. The van der Waals surface area contributed by atoms with E-state index in [4.69, 9.17) is 4.74 Å². The third-order valence-electron chi connectivity index (χ3n) is 6.87. The largest absolute Gasteiger partial charge is 0.497 e. The topological polar surface area (TPSA) is 32.8 Å². The van der Waals surface area contributed by atoms with Crippen molar-refractivity contribution in [3.05, 3.63) is 101 Å². The number of ether oxygens (including phenoxy) is 1. The molecule has 1 saturated heterocycles. The highest BCUT2D eigenvalue weighted by Crippen LogP contribution is 2.29. The van der Waals surface area contributed by atoms with Gasteiger partial charge in [0.1, 0.15) is 5.75 Å². The molecule has 0 unspecified atom stereocenters. The van der Waals surface area contributed by atoms with Crippen molar-refractivity contribution in [3.8, 4) is 5.75 Å². The van der Waals surface area contributed by atoms with E-state index >= 15 is 0 Å². The molecule has 4 rings (SSSR count). The molecule has 0 atom stereocenters. The lowest BCUT2D eigenvalue weighted by Crippen LogP contribution is -2.31. The summed E-state index contributed by atoms with van der Waals surface area (Å²) in [5, 5.41) is 0. The molecule has 3 aromatic rings. The van der Waals surface area contributed by atoms with Gasteiger partial charge in [0.05, 0.1) is 7.11 Å². The van der Waals surface area contributed by atoms with Crippen LogP contribution in [0.2, 0.25) is 0 Å². The van der Waals surface area contributed by atoms with Crippen molar-refractivity contribution in [1.29, 1.82) is 0 Å². The van der Waals surface area contributed by atoms with Gasteiger partial charge in [0.2, 0.25) is 0 Å². The van der Waals surface area contributed by atoms with Crippen molar-refractivity contribution in [1.82, 2.24) is 4.90 Å². The van der Waals surface area contributed by atoms with E-state index in [2.05, 4.69) is 59.5 Å². The summed E-state index contributed by atoms with van der Waals surface area (Å²) in [6, 6.07) is 25.2. The monoisotopic (exact) mass is 468 g/mol. The van der Waals surface area contributed by atoms with Crippen molar-refractivity contribution in [2.75, 3.05) is 38.2 Å². The quantitative estimate of drug-likeness (QED) is 0.381. The number of amides is 1. The third kappa shape index (κ3) is 6.13. The highest BCUT2D eigenvalue weighted by Gasteiger charge is 2.17. The maximum absolute atomic E-state index is 12.6. The molecule has 0 N–H and O–H groups in total. The first-order valence-corrected chi connectivity index (χ1v) is 12.7. The predicted molar refractivity (Wildman–Crippen MR) is 145 cm³/mol. The zero-order valence-corrected chi connectivity index (χ0v) is 21.2. The number of rotatable bonds is 8. The molecular weight excluding hydrogens is 432 g/mol. The smallest absolute Gasteiger partial charge is 0.253 e. The van der Waals surface area contributed by atoms with E-state index in [1.165, 1.54) is 28.0 Å². The zero-order valence-electron chi connectivity index (χ0n) is 21.2. The van der Waals surface area contributed by atoms with E-state index in [-0.39, 0.29) is 5.91 Å². The highest BCUT2D eigenvalue weighted by molar-refractivity contribution is 5.94. The van der Waals surface area contributed by atoms with Crippen molar-refractivity contribution in [2.45, 2.75) is 33.1 Å². The molecule has 0 spiro atoms. The third-order valence-corrected chi connectivity index (χ3v) is 6.87. The van der Waals surface area contributed by atoms with E-state index < -0.39 is 0 Å². The lowest BCUT2D eigenvalue weighted by Gasteiger charge is -2.32. The molecule has 35 heavy (non-hydrogen) atoms. The van der Waals surface area contributed by atoms with Gasteiger partial charge in [-0.05, 0) is 80.1 Å². The maximum Gasteiger partial charge on any atom is 0.253 e. The van der Waals surface area contributed by atoms with Gasteiger partial charge >= 0.3 is 0 Å². The van der Waals surface area contributed by atoms with Gasteiger partial charge in [-0.15, -0.1) is 0 Å². The number of hydrogen-bond donors (Lipinski definition) is 0. The van der Waals surface area contributed by atoms with Crippen LogP contribution in [-0.2, 0) is 6.42 Å². The van der Waals surface area contributed by atoms with Crippen LogP contribution in [-0.4, -0.2) is 44.1 Å². The average Bonchev–Trinajstić information content (AvgIpc) is 2.91. The molecule has 0 radical (unpaired) electrons. The minimum absolute atomic E-state index is 0.107. The Morgan fingerprint density at radius 2 is 1.57 bits per heavy atom.